The topological polar surface area (TPSA) is 65.8 Å². The number of rotatable bonds is 7. The number of hydrogen-bond donors (Lipinski definition) is 1. The maximum atomic E-state index is 5.58. The summed E-state index contributed by atoms with van der Waals surface area (Å²) in [6, 6.07) is 13.2. The molecule has 0 saturated carbocycles. The normalized spacial score (nSPS) is 10.4. The number of anilines is 1. The van der Waals surface area contributed by atoms with Gasteiger partial charge in [-0.3, -0.25) is 0 Å². The highest BCUT2D eigenvalue weighted by Crippen LogP contribution is 2.29. The first kappa shape index (κ1) is 16.7. The van der Waals surface area contributed by atoms with Gasteiger partial charge in [0.25, 0.3) is 0 Å². The maximum Gasteiger partial charge on any atom is 0.226 e. The standard InChI is InChI=1S/C19H20N2O4/c1-22-15-6-4-5-13(9-15)19-21-14(12-25-19)11-20-17-10-16(23-2)7-8-18(17)24-3/h4-10,12,20H,11H2,1-3H3. The van der Waals surface area contributed by atoms with Crippen LogP contribution in [0.5, 0.6) is 17.2 Å². The minimum Gasteiger partial charge on any atom is -0.497 e. The summed E-state index contributed by atoms with van der Waals surface area (Å²) in [5.41, 5.74) is 2.47. The van der Waals surface area contributed by atoms with E-state index in [4.69, 9.17) is 18.6 Å². The SMILES string of the molecule is COc1cccc(-c2nc(CNc3cc(OC)ccc3OC)co2)c1. The highest BCUT2D eigenvalue weighted by Gasteiger charge is 2.09. The lowest BCUT2D eigenvalue weighted by Gasteiger charge is -2.11. The van der Waals surface area contributed by atoms with Gasteiger partial charge >= 0.3 is 0 Å². The molecule has 0 radical (unpaired) electrons. The second-order valence-corrected chi connectivity index (χ2v) is 5.30. The van der Waals surface area contributed by atoms with Crippen LogP contribution in [0.1, 0.15) is 5.69 Å². The van der Waals surface area contributed by atoms with Crippen LogP contribution in [0.2, 0.25) is 0 Å². The van der Waals surface area contributed by atoms with Crippen LogP contribution < -0.4 is 19.5 Å². The van der Waals surface area contributed by atoms with Crippen molar-refractivity contribution in [3.8, 4) is 28.7 Å². The lowest BCUT2D eigenvalue weighted by atomic mass is 10.2. The molecule has 0 spiro atoms. The van der Waals surface area contributed by atoms with Crippen molar-refractivity contribution in [3.63, 3.8) is 0 Å². The second kappa shape index (κ2) is 7.61. The van der Waals surface area contributed by atoms with E-state index in [1.54, 1.807) is 27.6 Å². The Morgan fingerprint density at radius 3 is 2.52 bits per heavy atom. The average molecular weight is 340 g/mol. The third kappa shape index (κ3) is 3.85. The molecule has 3 aromatic rings. The molecule has 1 aromatic heterocycles. The fourth-order valence-electron chi connectivity index (χ4n) is 2.41. The largest absolute Gasteiger partial charge is 0.497 e. The Labute approximate surface area is 146 Å². The number of benzene rings is 2. The summed E-state index contributed by atoms with van der Waals surface area (Å²) in [6.45, 7) is 0.497. The molecule has 0 atom stereocenters. The number of oxazole rings is 1. The van der Waals surface area contributed by atoms with Gasteiger partial charge in [-0.25, -0.2) is 4.98 Å². The van der Waals surface area contributed by atoms with Crippen LogP contribution in [-0.2, 0) is 6.54 Å². The van der Waals surface area contributed by atoms with Crippen LogP contribution in [-0.4, -0.2) is 26.3 Å². The van der Waals surface area contributed by atoms with E-state index in [1.165, 1.54) is 0 Å². The molecule has 0 amide bonds. The molecule has 1 heterocycles. The Kier molecular flexibility index (Phi) is 5.09. The summed E-state index contributed by atoms with van der Waals surface area (Å²) in [7, 11) is 4.89. The van der Waals surface area contributed by atoms with Gasteiger partial charge in [0.15, 0.2) is 0 Å². The molecule has 0 saturated heterocycles. The summed E-state index contributed by atoms with van der Waals surface area (Å²) in [5, 5.41) is 3.29. The van der Waals surface area contributed by atoms with E-state index < -0.39 is 0 Å². The van der Waals surface area contributed by atoms with Crippen LogP contribution >= 0.6 is 0 Å². The fraction of sp³-hybridized carbons (Fsp3) is 0.211. The minimum absolute atomic E-state index is 0.497. The number of nitrogens with zero attached hydrogens (tertiary/aromatic N) is 1. The Hall–Kier alpha value is -3.15. The predicted octanol–water partition coefficient (Wildman–Crippen LogP) is 3.98. The second-order valence-electron chi connectivity index (χ2n) is 5.30. The van der Waals surface area contributed by atoms with Gasteiger partial charge in [0.2, 0.25) is 5.89 Å². The third-order valence-corrected chi connectivity index (χ3v) is 3.74. The molecule has 0 aliphatic heterocycles. The molecule has 0 unspecified atom stereocenters. The molecule has 0 aliphatic rings. The summed E-state index contributed by atoms with van der Waals surface area (Å²) >= 11 is 0. The Balaban J connectivity index is 1.74. The summed E-state index contributed by atoms with van der Waals surface area (Å²) in [4.78, 5) is 4.51. The van der Waals surface area contributed by atoms with Gasteiger partial charge in [-0.05, 0) is 30.3 Å². The molecular formula is C19H20N2O4. The zero-order valence-corrected chi connectivity index (χ0v) is 14.4. The minimum atomic E-state index is 0.497. The maximum absolute atomic E-state index is 5.58. The first-order valence-corrected chi connectivity index (χ1v) is 7.78. The van der Waals surface area contributed by atoms with Gasteiger partial charge in [-0.2, -0.15) is 0 Å². The monoisotopic (exact) mass is 340 g/mol. The van der Waals surface area contributed by atoms with Crippen molar-refractivity contribution in [3.05, 3.63) is 54.4 Å². The highest BCUT2D eigenvalue weighted by atomic mass is 16.5. The summed E-state index contributed by atoms with van der Waals surface area (Å²) < 4.78 is 21.4. The van der Waals surface area contributed by atoms with Gasteiger partial charge in [-0.15, -0.1) is 0 Å². The van der Waals surface area contributed by atoms with E-state index in [0.717, 1.165) is 34.2 Å². The molecular weight excluding hydrogens is 320 g/mol. The molecule has 0 aliphatic carbocycles. The van der Waals surface area contributed by atoms with E-state index in [-0.39, 0.29) is 0 Å². The molecule has 3 rings (SSSR count). The van der Waals surface area contributed by atoms with E-state index in [0.29, 0.717) is 12.4 Å². The average Bonchev–Trinajstić information content (AvgIpc) is 3.15. The summed E-state index contributed by atoms with van der Waals surface area (Å²) in [5.74, 6) is 2.79. The number of nitrogens with one attached hydrogen (secondary N) is 1. The molecule has 0 fully saturated rings. The lowest BCUT2D eigenvalue weighted by Crippen LogP contribution is -2.02. The zero-order valence-electron chi connectivity index (χ0n) is 14.4. The van der Waals surface area contributed by atoms with Crippen LogP contribution in [0.15, 0.2) is 53.1 Å². The smallest absolute Gasteiger partial charge is 0.226 e. The Morgan fingerprint density at radius 1 is 0.960 bits per heavy atom. The van der Waals surface area contributed by atoms with Gasteiger partial charge in [0.1, 0.15) is 23.5 Å². The lowest BCUT2D eigenvalue weighted by molar-refractivity contribution is 0.404. The molecule has 2 aromatic carbocycles. The molecule has 6 nitrogen and oxygen atoms in total. The zero-order chi connectivity index (χ0) is 17.6. The first-order chi connectivity index (χ1) is 12.2. The van der Waals surface area contributed by atoms with Crippen molar-refractivity contribution < 1.29 is 18.6 Å². The first-order valence-electron chi connectivity index (χ1n) is 7.78. The summed E-state index contributed by atoms with van der Waals surface area (Å²) in [6.07, 6.45) is 1.63. The van der Waals surface area contributed by atoms with Crippen molar-refractivity contribution >= 4 is 5.69 Å². The van der Waals surface area contributed by atoms with Gasteiger partial charge < -0.3 is 23.9 Å². The number of methoxy groups -OCH3 is 3. The predicted molar refractivity (Wildman–Crippen MR) is 95.4 cm³/mol. The van der Waals surface area contributed by atoms with E-state index >= 15 is 0 Å². The van der Waals surface area contributed by atoms with Crippen molar-refractivity contribution in [1.29, 1.82) is 0 Å². The Morgan fingerprint density at radius 2 is 1.76 bits per heavy atom. The van der Waals surface area contributed by atoms with E-state index in [1.807, 2.05) is 42.5 Å². The van der Waals surface area contributed by atoms with Crippen LogP contribution in [0, 0.1) is 0 Å². The van der Waals surface area contributed by atoms with Crippen LogP contribution in [0.25, 0.3) is 11.5 Å². The van der Waals surface area contributed by atoms with E-state index in [9.17, 15) is 0 Å². The fourth-order valence-corrected chi connectivity index (χ4v) is 2.41. The van der Waals surface area contributed by atoms with Crippen molar-refractivity contribution in [2.75, 3.05) is 26.6 Å². The van der Waals surface area contributed by atoms with Crippen LogP contribution in [0.3, 0.4) is 0 Å². The molecule has 1 N–H and O–H groups in total. The molecule has 25 heavy (non-hydrogen) atoms. The van der Waals surface area contributed by atoms with Gasteiger partial charge in [0, 0.05) is 11.6 Å². The van der Waals surface area contributed by atoms with Gasteiger partial charge in [-0.1, -0.05) is 6.07 Å². The number of aromatic nitrogens is 1. The quantitative estimate of drug-likeness (QED) is 0.702. The van der Waals surface area contributed by atoms with Crippen molar-refractivity contribution in [2.45, 2.75) is 6.54 Å². The number of ether oxygens (including phenoxy) is 3. The van der Waals surface area contributed by atoms with Crippen LogP contribution in [0.4, 0.5) is 5.69 Å². The number of hydrogen-bond acceptors (Lipinski definition) is 6. The van der Waals surface area contributed by atoms with Gasteiger partial charge in [0.05, 0.1) is 39.3 Å². The third-order valence-electron chi connectivity index (χ3n) is 3.74. The van der Waals surface area contributed by atoms with Crippen molar-refractivity contribution in [2.24, 2.45) is 0 Å². The highest BCUT2D eigenvalue weighted by molar-refractivity contribution is 5.60. The molecule has 130 valence electrons. The van der Waals surface area contributed by atoms with Crippen molar-refractivity contribution in [1.82, 2.24) is 4.98 Å². The Bertz CT molecular complexity index is 845. The molecule has 6 heteroatoms. The van der Waals surface area contributed by atoms with E-state index in [2.05, 4.69) is 10.3 Å². The molecule has 0 bridgehead atoms.